The summed E-state index contributed by atoms with van der Waals surface area (Å²) in [5, 5.41) is 9.79. The zero-order valence-electron chi connectivity index (χ0n) is 28.6. The van der Waals surface area contributed by atoms with Gasteiger partial charge in [0, 0.05) is 38.5 Å². The highest BCUT2D eigenvalue weighted by molar-refractivity contribution is 6.26. The van der Waals surface area contributed by atoms with E-state index in [1.54, 1.807) is 0 Å². The summed E-state index contributed by atoms with van der Waals surface area (Å²) in [4.78, 5) is 2.43. The van der Waals surface area contributed by atoms with Crippen molar-refractivity contribution in [1.82, 2.24) is 4.57 Å². The minimum atomic E-state index is 0.870. The van der Waals surface area contributed by atoms with Gasteiger partial charge in [0.25, 0.3) is 0 Å². The van der Waals surface area contributed by atoms with Crippen LogP contribution in [0.3, 0.4) is 0 Å². The van der Waals surface area contributed by atoms with Gasteiger partial charge in [0.15, 0.2) is 5.58 Å². The maximum Gasteiger partial charge on any atom is 0.159 e. The zero-order valence-corrected chi connectivity index (χ0v) is 28.6. The van der Waals surface area contributed by atoms with Crippen molar-refractivity contribution in [2.45, 2.75) is 0 Å². The molecule has 3 nitrogen and oxygen atoms in total. The Hall–Kier alpha value is -7.10. The number of fused-ring (bicyclic) bond motifs is 11. The van der Waals surface area contributed by atoms with Crippen LogP contribution >= 0.6 is 0 Å². The van der Waals surface area contributed by atoms with Crippen LogP contribution in [0.2, 0.25) is 0 Å². The van der Waals surface area contributed by atoms with Crippen molar-refractivity contribution in [3.8, 4) is 27.9 Å². The van der Waals surface area contributed by atoms with Gasteiger partial charge in [-0.05, 0) is 92.8 Å². The third-order valence-electron chi connectivity index (χ3n) is 11.3. The lowest BCUT2D eigenvalue weighted by atomic mass is 9.96. The van der Waals surface area contributed by atoms with Crippen molar-refractivity contribution in [3.05, 3.63) is 182 Å². The number of nitrogens with zero attached hydrogens (tertiary/aromatic N) is 2. The predicted octanol–water partition coefficient (Wildman–Crippen LogP) is 14.1. The number of para-hydroxylation sites is 4. The molecule has 0 amide bonds. The highest BCUT2D eigenvalue weighted by Crippen LogP contribution is 2.56. The second-order valence-electron chi connectivity index (χ2n) is 14.1. The summed E-state index contributed by atoms with van der Waals surface area (Å²) in [6.07, 6.45) is 0. The monoisotopic (exact) mass is 674 g/mol. The van der Waals surface area contributed by atoms with E-state index in [-0.39, 0.29) is 0 Å². The molecule has 0 spiro atoms. The van der Waals surface area contributed by atoms with Crippen molar-refractivity contribution in [2.75, 3.05) is 4.90 Å². The summed E-state index contributed by atoms with van der Waals surface area (Å²) in [5.41, 5.74) is 13.5. The van der Waals surface area contributed by atoms with Gasteiger partial charge >= 0.3 is 0 Å². The summed E-state index contributed by atoms with van der Waals surface area (Å²) in [7, 11) is 0. The Balaban J connectivity index is 1.20. The van der Waals surface area contributed by atoms with E-state index in [1.165, 1.54) is 60.1 Å². The summed E-state index contributed by atoms with van der Waals surface area (Å²) in [6, 6.07) is 66.0. The molecule has 9 aromatic carbocycles. The average molecular weight is 675 g/mol. The zero-order chi connectivity index (χ0) is 34.6. The van der Waals surface area contributed by atoms with Crippen LogP contribution in [0.1, 0.15) is 0 Å². The van der Waals surface area contributed by atoms with Crippen molar-refractivity contribution in [2.24, 2.45) is 0 Å². The lowest BCUT2D eigenvalue weighted by molar-refractivity contribution is 0.669. The highest BCUT2D eigenvalue weighted by Gasteiger charge is 2.30. The Labute approximate surface area is 305 Å². The number of aromatic nitrogens is 1. The van der Waals surface area contributed by atoms with E-state index in [0.717, 1.165) is 50.2 Å². The van der Waals surface area contributed by atoms with E-state index in [0.29, 0.717) is 0 Å². The van der Waals surface area contributed by atoms with Gasteiger partial charge in [0.2, 0.25) is 0 Å². The molecule has 246 valence electrons. The topological polar surface area (TPSA) is 21.3 Å². The smallest absolute Gasteiger partial charge is 0.159 e. The van der Waals surface area contributed by atoms with Crippen LogP contribution in [0.5, 0.6) is 0 Å². The van der Waals surface area contributed by atoms with Gasteiger partial charge in [0.1, 0.15) is 5.58 Å². The molecule has 0 saturated carbocycles. The van der Waals surface area contributed by atoms with E-state index >= 15 is 0 Å². The van der Waals surface area contributed by atoms with Crippen LogP contribution < -0.4 is 4.90 Å². The minimum Gasteiger partial charge on any atom is -0.454 e. The first-order valence-electron chi connectivity index (χ1n) is 18.2. The van der Waals surface area contributed by atoms with Crippen molar-refractivity contribution < 1.29 is 4.42 Å². The van der Waals surface area contributed by atoms with Crippen LogP contribution in [0.4, 0.5) is 17.1 Å². The fourth-order valence-corrected chi connectivity index (χ4v) is 9.10. The number of benzene rings is 9. The minimum absolute atomic E-state index is 0.870. The molecule has 0 bridgehead atoms. The number of furan rings is 1. The molecule has 0 N–H and O–H groups in total. The van der Waals surface area contributed by atoms with Gasteiger partial charge in [-0.25, -0.2) is 0 Å². The van der Waals surface area contributed by atoms with E-state index in [2.05, 4.69) is 185 Å². The van der Waals surface area contributed by atoms with E-state index in [1.807, 2.05) is 6.07 Å². The molecule has 0 aliphatic heterocycles. The van der Waals surface area contributed by atoms with Crippen LogP contribution in [-0.2, 0) is 0 Å². The lowest BCUT2D eigenvalue weighted by Gasteiger charge is -2.28. The van der Waals surface area contributed by atoms with Gasteiger partial charge in [-0.1, -0.05) is 127 Å². The summed E-state index contributed by atoms with van der Waals surface area (Å²) < 4.78 is 9.18. The second-order valence-corrected chi connectivity index (χ2v) is 14.1. The molecule has 0 saturated heterocycles. The quantitative estimate of drug-likeness (QED) is 0.173. The summed E-state index contributed by atoms with van der Waals surface area (Å²) in [6.45, 7) is 0. The fraction of sp³-hybridized carbons (Fsp3) is 0. The lowest BCUT2D eigenvalue weighted by Crippen LogP contribution is -2.11. The standard InChI is InChI=1S/C50H30N2O/c1-2-15-33(16-3-1)51-42-23-8-6-18-36(42)37-28-27-34(30-45(37)51)52(44-25-11-20-39-38-19-7-9-26-46(38)53-50(39)44)43-24-12-22-41-48(43)40-21-10-14-32-29-31-13-4-5-17-35(31)49(41)47(32)40/h1-30H. The molecule has 2 heterocycles. The van der Waals surface area contributed by atoms with Gasteiger partial charge in [-0.15, -0.1) is 0 Å². The van der Waals surface area contributed by atoms with Crippen LogP contribution in [-0.4, -0.2) is 4.57 Å². The maximum absolute atomic E-state index is 6.79. The van der Waals surface area contributed by atoms with Crippen LogP contribution in [0.15, 0.2) is 186 Å². The molecule has 1 aliphatic carbocycles. The second kappa shape index (κ2) is 10.7. The maximum atomic E-state index is 6.79. The summed E-state index contributed by atoms with van der Waals surface area (Å²) in [5.74, 6) is 0. The Morgan fingerprint density at radius 2 is 1.09 bits per heavy atom. The molecule has 1 aliphatic rings. The molecule has 2 aromatic heterocycles. The molecule has 12 rings (SSSR count). The Morgan fingerprint density at radius 3 is 2.02 bits per heavy atom. The largest absolute Gasteiger partial charge is 0.454 e. The van der Waals surface area contributed by atoms with Gasteiger partial charge < -0.3 is 13.9 Å². The van der Waals surface area contributed by atoms with E-state index < -0.39 is 0 Å². The third-order valence-corrected chi connectivity index (χ3v) is 11.3. The predicted molar refractivity (Wildman–Crippen MR) is 222 cm³/mol. The molecular formula is C50H30N2O. The van der Waals surface area contributed by atoms with E-state index in [9.17, 15) is 0 Å². The Kier molecular flexibility index (Phi) is 5.77. The average Bonchev–Trinajstić information content (AvgIpc) is 3.88. The van der Waals surface area contributed by atoms with Gasteiger partial charge in [-0.2, -0.15) is 0 Å². The number of anilines is 3. The van der Waals surface area contributed by atoms with Crippen molar-refractivity contribution in [1.29, 1.82) is 0 Å². The van der Waals surface area contributed by atoms with Crippen molar-refractivity contribution >= 4 is 82.4 Å². The van der Waals surface area contributed by atoms with Crippen LogP contribution in [0, 0.1) is 0 Å². The fourth-order valence-electron chi connectivity index (χ4n) is 9.10. The first-order valence-corrected chi connectivity index (χ1v) is 18.2. The number of rotatable bonds is 4. The first kappa shape index (κ1) is 28.6. The summed E-state index contributed by atoms with van der Waals surface area (Å²) >= 11 is 0. The molecule has 0 fully saturated rings. The first-order chi connectivity index (χ1) is 26.3. The molecule has 0 atom stereocenters. The molecular weight excluding hydrogens is 645 g/mol. The van der Waals surface area contributed by atoms with Crippen LogP contribution in [0.25, 0.3) is 93.2 Å². The highest BCUT2D eigenvalue weighted by atomic mass is 16.3. The molecule has 11 aromatic rings. The van der Waals surface area contributed by atoms with Gasteiger partial charge in [-0.3, -0.25) is 0 Å². The van der Waals surface area contributed by atoms with Gasteiger partial charge in [0.05, 0.1) is 22.4 Å². The van der Waals surface area contributed by atoms with E-state index in [4.69, 9.17) is 4.42 Å². The molecule has 0 unspecified atom stereocenters. The molecule has 3 heteroatoms. The van der Waals surface area contributed by atoms with Crippen molar-refractivity contribution in [3.63, 3.8) is 0 Å². The number of hydrogen-bond donors (Lipinski definition) is 0. The normalized spacial score (nSPS) is 12.2. The third kappa shape index (κ3) is 3.94. The molecule has 0 radical (unpaired) electrons. The Morgan fingerprint density at radius 1 is 0.415 bits per heavy atom. The SMILES string of the molecule is c1ccc(-n2c3ccccc3c3ccc(N(c4cccc5c4-c4cccc6cc7ccccc7c-5c46)c4cccc5c4oc4ccccc45)cc32)cc1. The Bertz CT molecular complexity index is 3290. The molecule has 53 heavy (non-hydrogen) atoms. The number of hydrogen-bond acceptors (Lipinski definition) is 2.